The zero-order valence-corrected chi connectivity index (χ0v) is 17.6. The maximum atomic E-state index is 12.4. The van der Waals surface area contributed by atoms with E-state index < -0.39 is 18.0 Å². The Kier molecular flexibility index (Phi) is 6.87. The second-order valence-corrected chi connectivity index (χ2v) is 9.39. The van der Waals surface area contributed by atoms with Gasteiger partial charge in [0.05, 0.1) is 18.1 Å². The molecule has 10 heteroatoms. The van der Waals surface area contributed by atoms with Gasteiger partial charge >= 0.3 is 5.97 Å². The predicted molar refractivity (Wildman–Crippen MR) is 109 cm³/mol. The summed E-state index contributed by atoms with van der Waals surface area (Å²) < 4.78 is 0. The Hall–Kier alpha value is -1.62. The molecule has 6 atom stereocenters. The number of carboxylic acids is 1. The van der Waals surface area contributed by atoms with Gasteiger partial charge in [-0.25, -0.2) is 4.79 Å². The molecule has 0 unspecified atom stereocenters. The van der Waals surface area contributed by atoms with Crippen LogP contribution in [0.15, 0.2) is 10.6 Å². The summed E-state index contributed by atoms with van der Waals surface area (Å²) in [7, 11) is 0. The van der Waals surface area contributed by atoms with Crippen LogP contribution >= 0.6 is 11.8 Å². The van der Waals surface area contributed by atoms with Gasteiger partial charge < -0.3 is 31.5 Å². The lowest BCUT2D eigenvalue weighted by Gasteiger charge is -2.46. The van der Waals surface area contributed by atoms with E-state index in [1.807, 2.05) is 6.92 Å². The number of β-lactam (4-membered cyclic amide) rings is 1. The first-order valence-corrected chi connectivity index (χ1v) is 11.0. The Morgan fingerprint density at radius 3 is 2.79 bits per heavy atom. The maximum absolute atomic E-state index is 12.4. The van der Waals surface area contributed by atoms with Crippen molar-refractivity contribution in [2.75, 3.05) is 19.6 Å². The lowest BCUT2D eigenvalue weighted by Crippen LogP contribution is -2.63. The van der Waals surface area contributed by atoms with E-state index >= 15 is 0 Å². The van der Waals surface area contributed by atoms with E-state index in [0.29, 0.717) is 37.4 Å². The number of nitrogens with two attached hydrogens (primary N) is 1. The van der Waals surface area contributed by atoms with Crippen molar-refractivity contribution < 1.29 is 24.6 Å². The Balaban J connectivity index is 1.60. The highest BCUT2D eigenvalue weighted by Crippen LogP contribution is 2.51. The molecule has 2 fully saturated rings. The van der Waals surface area contributed by atoms with Crippen LogP contribution in [0, 0.1) is 11.8 Å². The van der Waals surface area contributed by atoms with Crippen molar-refractivity contribution in [3.05, 3.63) is 10.6 Å². The van der Waals surface area contributed by atoms with Crippen molar-refractivity contribution >= 4 is 29.5 Å². The first kappa shape index (κ1) is 22.1. The van der Waals surface area contributed by atoms with Crippen LogP contribution in [0.4, 0.5) is 0 Å². The van der Waals surface area contributed by atoms with Gasteiger partial charge in [0, 0.05) is 41.6 Å². The van der Waals surface area contributed by atoms with Gasteiger partial charge in [-0.05, 0) is 26.3 Å². The van der Waals surface area contributed by atoms with Crippen molar-refractivity contribution in [2.24, 2.45) is 17.6 Å². The quantitative estimate of drug-likeness (QED) is 0.309. The fourth-order valence-electron chi connectivity index (χ4n) is 4.47. The zero-order valence-electron chi connectivity index (χ0n) is 16.8. The summed E-state index contributed by atoms with van der Waals surface area (Å²) in [5.74, 6) is -2.10. The number of amides is 2. The van der Waals surface area contributed by atoms with Gasteiger partial charge in [0.2, 0.25) is 11.8 Å². The van der Waals surface area contributed by atoms with E-state index in [-0.39, 0.29) is 40.8 Å². The highest BCUT2D eigenvalue weighted by molar-refractivity contribution is 8.03. The summed E-state index contributed by atoms with van der Waals surface area (Å²) in [4.78, 5) is 38.1. The van der Waals surface area contributed by atoms with E-state index in [1.165, 1.54) is 16.7 Å². The fraction of sp³-hybridized carbons (Fsp3) is 0.737. The van der Waals surface area contributed by atoms with Crippen LogP contribution in [0.2, 0.25) is 0 Å². The normalized spacial score (nSPS) is 32.2. The van der Waals surface area contributed by atoms with Crippen LogP contribution < -0.4 is 16.4 Å². The molecule has 2 saturated heterocycles. The maximum Gasteiger partial charge on any atom is 0.353 e. The summed E-state index contributed by atoms with van der Waals surface area (Å²) in [6, 6.07) is -0.160. The molecule has 9 nitrogen and oxygen atoms in total. The van der Waals surface area contributed by atoms with Crippen molar-refractivity contribution in [3.63, 3.8) is 0 Å². The molecule has 0 radical (unpaired) electrons. The second-order valence-electron chi connectivity index (χ2n) is 8.05. The van der Waals surface area contributed by atoms with Crippen LogP contribution in [-0.4, -0.2) is 76.0 Å². The Bertz CT molecular complexity index is 713. The molecule has 3 rings (SSSR count). The number of aliphatic carboxylic acids is 1. The molecule has 0 saturated carbocycles. The van der Waals surface area contributed by atoms with E-state index in [9.17, 15) is 24.6 Å². The van der Waals surface area contributed by atoms with Crippen molar-refractivity contribution in [2.45, 2.75) is 56.5 Å². The third-order valence-electron chi connectivity index (χ3n) is 5.94. The van der Waals surface area contributed by atoms with Gasteiger partial charge in [-0.1, -0.05) is 6.92 Å². The number of carboxylic acid groups (broad SMARTS) is 1. The highest BCUT2D eigenvalue weighted by Gasteiger charge is 2.60. The number of rotatable bonds is 9. The van der Waals surface area contributed by atoms with Crippen LogP contribution in [0.25, 0.3) is 0 Å². The molecule has 0 aliphatic carbocycles. The number of nitrogens with zero attached hydrogens (tertiary/aromatic N) is 1. The third kappa shape index (κ3) is 4.30. The first-order chi connectivity index (χ1) is 13.8. The van der Waals surface area contributed by atoms with Gasteiger partial charge in [-0.15, -0.1) is 11.8 Å². The molecule has 0 aromatic heterocycles. The Morgan fingerprint density at radius 1 is 1.45 bits per heavy atom. The van der Waals surface area contributed by atoms with Gasteiger partial charge in [0.25, 0.3) is 0 Å². The number of thioether (sulfide) groups is 1. The van der Waals surface area contributed by atoms with E-state index in [2.05, 4.69) is 10.6 Å². The van der Waals surface area contributed by atoms with Crippen molar-refractivity contribution in [1.29, 1.82) is 0 Å². The SMILES string of the molecule is C[C@@H](O)[C@H]1C(=O)N2C(C(=O)O)=C(S[C@@H]3CN[C@H](CNC(=O)CCCN)C3)[C@H](C)[C@H]12. The van der Waals surface area contributed by atoms with Crippen LogP contribution in [-0.2, 0) is 14.4 Å². The number of carbonyl (C=O) groups is 3. The summed E-state index contributed by atoms with van der Waals surface area (Å²) in [5.41, 5.74) is 5.48. The molecule has 29 heavy (non-hydrogen) atoms. The first-order valence-electron chi connectivity index (χ1n) is 10.1. The Labute approximate surface area is 174 Å². The summed E-state index contributed by atoms with van der Waals surface area (Å²) in [5, 5.41) is 26.1. The Morgan fingerprint density at radius 2 is 2.17 bits per heavy atom. The van der Waals surface area contributed by atoms with Crippen LogP contribution in [0.5, 0.6) is 0 Å². The molecule has 3 aliphatic rings. The van der Waals surface area contributed by atoms with E-state index in [0.717, 1.165) is 6.42 Å². The van der Waals surface area contributed by atoms with Gasteiger partial charge in [-0.2, -0.15) is 0 Å². The molecule has 0 aromatic carbocycles. The summed E-state index contributed by atoms with van der Waals surface area (Å²) in [6.07, 6.45) is 1.08. The molecule has 0 bridgehead atoms. The average molecular weight is 427 g/mol. The number of hydrogen-bond donors (Lipinski definition) is 5. The molecule has 2 amide bonds. The van der Waals surface area contributed by atoms with Gasteiger partial charge in [-0.3, -0.25) is 9.59 Å². The topological polar surface area (TPSA) is 145 Å². The number of nitrogens with one attached hydrogen (secondary N) is 2. The van der Waals surface area contributed by atoms with Gasteiger partial charge in [0.15, 0.2) is 0 Å². The second kappa shape index (κ2) is 9.03. The smallest absolute Gasteiger partial charge is 0.353 e. The lowest BCUT2D eigenvalue weighted by molar-refractivity contribution is -0.163. The molecule has 3 aliphatic heterocycles. The fourth-order valence-corrected chi connectivity index (χ4v) is 5.99. The molecule has 3 heterocycles. The van der Waals surface area contributed by atoms with Crippen molar-refractivity contribution in [1.82, 2.24) is 15.5 Å². The minimum atomic E-state index is -1.10. The number of carbonyl (C=O) groups excluding carboxylic acids is 2. The van der Waals surface area contributed by atoms with E-state index in [1.54, 1.807) is 6.92 Å². The number of aliphatic hydroxyl groups excluding tert-OH is 1. The third-order valence-corrected chi connectivity index (χ3v) is 7.45. The highest BCUT2D eigenvalue weighted by atomic mass is 32.2. The molecular formula is C19H30N4O5S. The van der Waals surface area contributed by atoms with Crippen LogP contribution in [0.1, 0.15) is 33.1 Å². The number of aliphatic hydroxyl groups is 1. The average Bonchev–Trinajstić information content (AvgIpc) is 3.20. The lowest BCUT2D eigenvalue weighted by atomic mass is 9.79. The number of fused-ring (bicyclic) bond motifs is 1. The molecular weight excluding hydrogens is 396 g/mol. The predicted octanol–water partition coefficient (Wildman–Crippen LogP) is -0.541. The standard InChI is InChI=1S/C19H30N4O5S/c1-9-15-14(10(2)24)18(26)23(15)16(19(27)28)17(9)29-12-6-11(21-8-12)7-22-13(25)4-3-5-20/h9-12,14-15,21,24H,3-8,20H2,1-2H3,(H,22,25)(H,27,28)/t9-,10-,11+,12+,14-,15-/m1/s1. The minimum Gasteiger partial charge on any atom is -0.477 e. The molecule has 6 N–H and O–H groups in total. The molecule has 162 valence electrons. The van der Waals surface area contributed by atoms with Crippen LogP contribution in [0.3, 0.4) is 0 Å². The van der Waals surface area contributed by atoms with Gasteiger partial charge in [0.1, 0.15) is 5.70 Å². The number of hydrogen-bond acceptors (Lipinski definition) is 7. The molecule has 0 spiro atoms. The van der Waals surface area contributed by atoms with Crippen molar-refractivity contribution in [3.8, 4) is 0 Å². The zero-order chi connectivity index (χ0) is 21.3. The minimum absolute atomic E-state index is 0.0132. The largest absolute Gasteiger partial charge is 0.477 e. The van der Waals surface area contributed by atoms with E-state index in [4.69, 9.17) is 5.73 Å². The molecule has 0 aromatic rings. The summed E-state index contributed by atoms with van der Waals surface area (Å²) in [6.45, 7) is 5.22. The summed E-state index contributed by atoms with van der Waals surface area (Å²) >= 11 is 1.51. The monoisotopic (exact) mass is 426 g/mol.